The van der Waals surface area contributed by atoms with Gasteiger partial charge < -0.3 is 5.11 Å². The highest BCUT2D eigenvalue weighted by molar-refractivity contribution is 6.31. The lowest BCUT2D eigenvalue weighted by Gasteiger charge is -2.02. The summed E-state index contributed by atoms with van der Waals surface area (Å²) in [5, 5.41) is 21.1. The van der Waals surface area contributed by atoms with Crippen LogP contribution in [0.5, 0.6) is 5.75 Å². The van der Waals surface area contributed by atoms with Crippen LogP contribution in [0.15, 0.2) is 41.4 Å². The molecular weight excluding hydrogens is 280 g/mol. The highest BCUT2D eigenvalue weighted by atomic mass is 35.5. The van der Waals surface area contributed by atoms with Gasteiger partial charge in [0, 0.05) is 22.9 Å². The number of phenols is 1. The van der Waals surface area contributed by atoms with Gasteiger partial charge in [-0.2, -0.15) is 0 Å². The average Bonchev–Trinajstić information content (AvgIpc) is 2.41. The number of nitrogens with zero attached hydrogens (tertiary/aromatic N) is 2. The Hall–Kier alpha value is -2.40. The summed E-state index contributed by atoms with van der Waals surface area (Å²) in [5.74, 6) is -0.402. The van der Waals surface area contributed by atoms with Crippen LogP contribution in [0.1, 0.15) is 11.1 Å². The van der Waals surface area contributed by atoms with Gasteiger partial charge in [-0.05, 0) is 30.7 Å². The summed E-state index contributed by atoms with van der Waals surface area (Å²) in [5.41, 5.74) is 1.37. The third-order valence-corrected chi connectivity index (χ3v) is 3.23. The second kappa shape index (κ2) is 5.71. The maximum absolute atomic E-state index is 10.7. The number of nitro benzene ring substituents is 1. The molecule has 20 heavy (non-hydrogen) atoms. The Kier molecular flexibility index (Phi) is 4.00. The van der Waals surface area contributed by atoms with Gasteiger partial charge in [0.05, 0.1) is 10.6 Å². The molecule has 0 aliphatic carbocycles. The summed E-state index contributed by atoms with van der Waals surface area (Å²) < 4.78 is 0. The number of benzene rings is 2. The number of aromatic hydroxyl groups is 1. The molecule has 0 aliphatic rings. The molecule has 6 heteroatoms. The zero-order valence-electron chi connectivity index (χ0n) is 10.6. The molecule has 102 valence electrons. The minimum absolute atomic E-state index is 0.276. The summed E-state index contributed by atoms with van der Waals surface area (Å²) >= 11 is 5.98. The second-order valence-electron chi connectivity index (χ2n) is 4.11. The van der Waals surface area contributed by atoms with Crippen molar-refractivity contribution in [3.8, 4) is 5.75 Å². The number of halogens is 1. The molecule has 1 N–H and O–H groups in total. The standard InChI is InChI=1S/C14H11ClN2O3/c1-9-11(15)5-3-6-12(9)16-8-10-4-2-7-13(14(10)18)17(19)20/h2-8,18H,1H3. The maximum atomic E-state index is 10.7. The first-order chi connectivity index (χ1) is 9.50. The van der Waals surface area contributed by atoms with Gasteiger partial charge in [0.2, 0.25) is 5.75 Å². The first-order valence-electron chi connectivity index (χ1n) is 5.76. The third-order valence-electron chi connectivity index (χ3n) is 2.82. The van der Waals surface area contributed by atoms with E-state index in [1.54, 1.807) is 24.3 Å². The predicted molar refractivity (Wildman–Crippen MR) is 78.2 cm³/mol. The largest absolute Gasteiger partial charge is 0.502 e. The highest BCUT2D eigenvalue weighted by Crippen LogP contribution is 2.29. The summed E-state index contributed by atoms with van der Waals surface area (Å²) in [7, 11) is 0. The summed E-state index contributed by atoms with van der Waals surface area (Å²) in [4.78, 5) is 14.3. The van der Waals surface area contributed by atoms with Gasteiger partial charge in [0.15, 0.2) is 0 Å². The van der Waals surface area contributed by atoms with Crippen molar-refractivity contribution < 1.29 is 10.0 Å². The van der Waals surface area contributed by atoms with Gasteiger partial charge in [-0.1, -0.05) is 23.7 Å². The van der Waals surface area contributed by atoms with E-state index >= 15 is 0 Å². The molecule has 0 atom stereocenters. The van der Waals surface area contributed by atoms with Crippen LogP contribution >= 0.6 is 11.6 Å². The monoisotopic (exact) mass is 290 g/mol. The van der Waals surface area contributed by atoms with Crippen LogP contribution in [0, 0.1) is 17.0 Å². The fourth-order valence-corrected chi connectivity index (χ4v) is 1.84. The van der Waals surface area contributed by atoms with Crippen LogP contribution in [0.25, 0.3) is 0 Å². The Morgan fingerprint density at radius 2 is 2.00 bits per heavy atom. The van der Waals surface area contributed by atoms with Crippen molar-refractivity contribution in [2.45, 2.75) is 6.92 Å². The zero-order chi connectivity index (χ0) is 14.7. The number of nitro groups is 1. The van der Waals surface area contributed by atoms with Crippen molar-refractivity contribution in [2.24, 2.45) is 4.99 Å². The van der Waals surface area contributed by atoms with E-state index in [1.807, 2.05) is 6.92 Å². The van der Waals surface area contributed by atoms with Crippen molar-refractivity contribution in [1.29, 1.82) is 0 Å². The number of rotatable bonds is 3. The molecule has 0 heterocycles. The number of hydrogen-bond donors (Lipinski definition) is 1. The molecule has 0 unspecified atom stereocenters. The predicted octanol–water partition coefficient (Wildman–Crippen LogP) is 4.01. The highest BCUT2D eigenvalue weighted by Gasteiger charge is 2.15. The fraction of sp³-hybridized carbons (Fsp3) is 0.0714. The normalized spacial score (nSPS) is 10.9. The minimum Gasteiger partial charge on any atom is -0.502 e. The average molecular weight is 291 g/mol. The van der Waals surface area contributed by atoms with Gasteiger partial charge in [-0.3, -0.25) is 15.1 Å². The van der Waals surface area contributed by atoms with Crippen LogP contribution in [-0.2, 0) is 0 Å². The molecule has 2 rings (SSSR count). The smallest absolute Gasteiger partial charge is 0.311 e. The van der Waals surface area contributed by atoms with Crippen molar-refractivity contribution in [1.82, 2.24) is 0 Å². The molecule has 0 radical (unpaired) electrons. The van der Waals surface area contributed by atoms with Crippen LogP contribution in [0.4, 0.5) is 11.4 Å². The lowest BCUT2D eigenvalue weighted by atomic mass is 10.1. The SMILES string of the molecule is Cc1c(Cl)cccc1N=Cc1cccc([N+](=O)[O-])c1O. The summed E-state index contributed by atoms with van der Waals surface area (Å²) in [6, 6.07) is 9.55. The quantitative estimate of drug-likeness (QED) is 0.527. The van der Waals surface area contributed by atoms with E-state index < -0.39 is 10.7 Å². The van der Waals surface area contributed by atoms with Crippen LogP contribution in [0.2, 0.25) is 5.02 Å². The van der Waals surface area contributed by atoms with E-state index in [2.05, 4.69) is 4.99 Å². The Labute approximate surface area is 120 Å². The minimum atomic E-state index is -0.642. The molecule has 0 bridgehead atoms. The zero-order valence-corrected chi connectivity index (χ0v) is 11.3. The third kappa shape index (κ3) is 2.78. The molecule has 0 fully saturated rings. The number of aliphatic imine (C=N–C) groups is 1. The molecule has 5 nitrogen and oxygen atoms in total. The number of hydrogen-bond acceptors (Lipinski definition) is 4. The van der Waals surface area contributed by atoms with E-state index in [-0.39, 0.29) is 11.3 Å². The molecule has 0 aromatic heterocycles. The first-order valence-corrected chi connectivity index (χ1v) is 6.14. The Bertz CT molecular complexity index is 699. The lowest BCUT2D eigenvalue weighted by Crippen LogP contribution is -1.91. The van der Waals surface area contributed by atoms with Gasteiger partial charge in [0.1, 0.15) is 0 Å². The lowest BCUT2D eigenvalue weighted by molar-refractivity contribution is -0.385. The molecule has 0 saturated heterocycles. The van der Waals surface area contributed by atoms with Gasteiger partial charge in [-0.15, -0.1) is 0 Å². The Balaban J connectivity index is 2.40. The van der Waals surface area contributed by atoms with Crippen LogP contribution in [0.3, 0.4) is 0 Å². The molecular formula is C14H11ClN2O3. The summed E-state index contributed by atoms with van der Waals surface area (Å²) in [6.45, 7) is 1.82. The molecule has 2 aromatic carbocycles. The van der Waals surface area contributed by atoms with Crippen molar-refractivity contribution >= 4 is 29.2 Å². The number of phenolic OH excluding ortho intramolecular Hbond substituents is 1. The maximum Gasteiger partial charge on any atom is 0.311 e. The van der Waals surface area contributed by atoms with E-state index in [1.165, 1.54) is 18.3 Å². The second-order valence-corrected chi connectivity index (χ2v) is 4.52. The van der Waals surface area contributed by atoms with Gasteiger partial charge in [0.25, 0.3) is 0 Å². The first kappa shape index (κ1) is 14.0. The molecule has 0 saturated carbocycles. The van der Waals surface area contributed by atoms with Crippen molar-refractivity contribution in [2.75, 3.05) is 0 Å². The molecule has 2 aromatic rings. The van der Waals surface area contributed by atoms with Gasteiger partial charge >= 0.3 is 5.69 Å². The van der Waals surface area contributed by atoms with Crippen LogP contribution < -0.4 is 0 Å². The van der Waals surface area contributed by atoms with E-state index in [0.717, 1.165) is 5.56 Å². The Morgan fingerprint density at radius 1 is 1.30 bits per heavy atom. The van der Waals surface area contributed by atoms with Crippen molar-refractivity contribution in [3.05, 3.63) is 62.7 Å². The Morgan fingerprint density at radius 3 is 2.70 bits per heavy atom. The van der Waals surface area contributed by atoms with Crippen LogP contribution in [-0.4, -0.2) is 16.2 Å². The van der Waals surface area contributed by atoms with E-state index in [0.29, 0.717) is 10.7 Å². The fourth-order valence-electron chi connectivity index (χ4n) is 1.68. The summed E-state index contributed by atoms with van der Waals surface area (Å²) in [6.07, 6.45) is 1.38. The number of para-hydroxylation sites is 1. The van der Waals surface area contributed by atoms with E-state index in [4.69, 9.17) is 11.6 Å². The molecule has 0 amide bonds. The van der Waals surface area contributed by atoms with Gasteiger partial charge in [-0.25, -0.2) is 0 Å². The van der Waals surface area contributed by atoms with E-state index in [9.17, 15) is 15.2 Å². The van der Waals surface area contributed by atoms with Crippen molar-refractivity contribution in [3.63, 3.8) is 0 Å². The topological polar surface area (TPSA) is 75.7 Å². The molecule has 0 spiro atoms. The molecule has 0 aliphatic heterocycles.